The topological polar surface area (TPSA) is 27.7 Å². The average molecular weight is 427 g/mol. The summed E-state index contributed by atoms with van der Waals surface area (Å²) in [6.45, 7) is 6.69. The van der Waals surface area contributed by atoms with E-state index in [-0.39, 0.29) is 5.41 Å². The third-order valence-electron chi connectivity index (χ3n) is 3.57. The molecule has 3 nitrogen and oxygen atoms in total. The van der Waals surface area contributed by atoms with Crippen LogP contribution >= 0.6 is 0 Å². The van der Waals surface area contributed by atoms with Gasteiger partial charge < -0.3 is 14.2 Å². The minimum absolute atomic E-state index is 0.173. The summed E-state index contributed by atoms with van der Waals surface area (Å²) in [5, 5.41) is 0. The SMILES string of the molecule is COc1cc(OC)c([I+]c2ccc(C(C)(C)C)cc2)c(OC)c1. The van der Waals surface area contributed by atoms with Crippen LogP contribution in [-0.2, 0) is 5.41 Å². The van der Waals surface area contributed by atoms with E-state index in [0.29, 0.717) is 0 Å². The summed E-state index contributed by atoms with van der Waals surface area (Å²) < 4.78 is 18.9. The van der Waals surface area contributed by atoms with Crippen LogP contribution in [0.25, 0.3) is 0 Å². The maximum absolute atomic E-state index is 5.55. The van der Waals surface area contributed by atoms with Crippen LogP contribution in [0.1, 0.15) is 26.3 Å². The van der Waals surface area contributed by atoms with Crippen molar-refractivity contribution in [3.8, 4) is 17.2 Å². The van der Waals surface area contributed by atoms with E-state index in [2.05, 4.69) is 45.0 Å². The fourth-order valence-electron chi connectivity index (χ4n) is 2.18. The van der Waals surface area contributed by atoms with E-state index in [0.717, 1.165) is 20.8 Å². The zero-order chi connectivity index (χ0) is 17.0. The summed E-state index contributed by atoms with van der Waals surface area (Å²) in [4.78, 5) is 0. The molecule has 23 heavy (non-hydrogen) atoms. The van der Waals surface area contributed by atoms with Gasteiger partial charge in [-0.3, -0.25) is 0 Å². The number of hydrogen-bond acceptors (Lipinski definition) is 3. The molecule has 0 N–H and O–H groups in total. The second-order valence-electron chi connectivity index (χ2n) is 6.20. The van der Waals surface area contributed by atoms with Crippen molar-refractivity contribution < 1.29 is 35.4 Å². The van der Waals surface area contributed by atoms with Gasteiger partial charge in [0.15, 0.2) is 15.1 Å². The van der Waals surface area contributed by atoms with E-state index < -0.39 is 21.2 Å². The summed E-state index contributed by atoms with van der Waals surface area (Å²) in [5.74, 6) is 2.40. The number of ether oxygens (including phenoxy) is 3. The molecule has 0 saturated heterocycles. The molecule has 0 radical (unpaired) electrons. The molecule has 0 bridgehead atoms. The van der Waals surface area contributed by atoms with Gasteiger partial charge in [0.2, 0.25) is 0 Å². The molecule has 0 heterocycles. The normalized spacial score (nSPS) is 11.2. The van der Waals surface area contributed by atoms with Gasteiger partial charge in [-0.2, -0.15) is 0 Å². The summed E-state index contributed by atoms with van der Waals surface area (Å²) >= 11 is -0.401. The first-order valence-electron chi connectivity index (χ1n) is 7.44. The van der Waals surface area contributed by atoms with Crippen LogP contribution in [0.2, 0.25) is 0 Å². The van der Waals surface area contributed by atoms with Crippen molar-refractivity contribution in [1.82, 2.24) is 0 Å². The standard InChI is InChI=1S/C19H24IO3/c1-19(2,3)13-7-9-14(10-8-13)20-18-16(22-5)11-15(21-4)12-17(18)23-6/h7-12H,1-6H3/q+1. The summed E-state index contributed by atoms with van der Waals surface area (Å²) in [7, 11) is 5.02. The van der Waals surface area contributed by atoms with E-state index in [1.54, 1.807) is 21.3 Å². The molecule has 0 atom stereocenters. The Bertz CT molecular complexity index is 632. The first-order valence-corrected chi connectivity index (χ1v) is 9.60. The monoisotopic (exact) mass is 427 g/mol. The molecular formula is C19H24IO3+. The highest BCUT2D eigenvalue weighted by Gasteiger charge is 2.28. The Morgan fingerprint density at radius 1 is 0.783 bits per heavy atom. The van der Waals surface area contributed by atoms with Gasteiger partial charge in [0.25, 0.3) is 3.57 Å². The minimum Gasteiger partial charge on any atom is -0.496 e. The van der Waals surface area contributed by atoms with Gasteiger partial charge in [-0.1, -0.05) is 32.9 Å². The number of hydrogen-bond donors (Lipinski definition) is 0. The lowest BCUT2D eigenvalue weighted by atomic mass is 9.87. The smallest absolute Gasteiger partial charge is 0.366 e. The Balaban J connectivity index is 2.35. The van der Waals surface area contributed by atoms with Crippen LogP contribution in [0.4, 0.5) is 0 Å². The molecule has 0 amide bonds. The maximum Gasteiger partial charge on any atom is 0.366 e. The number of methoxy groups -OCH3 is 3. The fourth-order valence-corrected chi connectivity index (χ4v) is 4.80. The molecule has 0 aliphatic heterocycles. The van der Waals surface area contributed by atoms with Gasteiger partial charge in [-0.25, -0.2) is 0 Å². The average Bonchev–Trinajstić information content (AvgIpc) is 2.54. The van der Waals surface area contributed by atoms with Gasteiger partial charge in [-0.15, -0.1) is 0 Å². The maximum atomic E-state index is 5.55. The molecule has 0 aliphatic carbocycles. The van der Waals surface area contributed by atoms with Crippen molar-refractivity contribution in [2.75, 3.05) is 21.3 Å². The highest BCUT2D eigenvalue weighted by molar-refractivity contribution is 5.41. The molecule has 0 unspecified atom stereocenters. The van der Waals surface area contributed by atoms with Crippen molar-refractivity contribution in [3.05, 3.63) is 49.1 Å². The van der Waals surface area contributed by atoms with Crippen molar-refractivity contribution in [3.63, 3.8) is 0 Å². The molecule has 0 saturated carbocycles. The van der Waals surface area contributed by atoms with Crippen LogP contribution in [0.3, 0.4) is 0 Å². The molecule has 4 heteroatoms. The molecule has 0 fully saturated rings. The number of halogens is 1. The second kappa shape index (κ2) is 7.43. The van der Waals surface area contributed by atoms with Gasteiger partial charge in [0.05, 0.1) is 21.3 Å². The predicted molar refractivity (Wildman–Crippen MR) is 88.6 cm³/mol. The quantitative estimate of drug-likeness (QED) is 0.671. The first-order chi connectivity index (χ1) is 10.9. The highest BCUT2D eigenvalue weighted by Crippen LogP contribution is 2.27. The highest BCUT2D eigenvalue weighted by atomic mass is 127. The van der Waals surface area contributed by atoms with Crippen molar-refractivity contribution in [1.29, 1.82) is 0 Å². The van der Waals surface area contributed by atoms with Gasteiger partial charge in [0.1, 0.15) is 5.75 Å². The Morgan fingerprint density at radius 2 is 1.30 bits per heavy atom. The van der Waals surface area contributed by atoms with Crippen LogP contribution in [0, 0.1) is 7.14 Å². The van der Waals surface area contributed by atoms with Gasteiger partial charge in [0, 0.05) is 12.1 Å². The molecule has 0 spiro atoms. The fraction of sp³-hybridized carbons (Fsp3) is 0.368. The molecule has 0 aromatic heterocycles. The number of rotatable bonds is 5. The zero-order valence-electron chi connectivity index (χ0n) is 14.6. The summed E-state index contributed by atoms with van der Waals surface area (Å²) in [5.41, 5.74) is 1.52. The van der Waals surface area contributed by atoms with Crippen molar-refractivity contribution >= 4 is 0 Å². The minimum atomic E-state index is -0.401. The van der Waals surface area contributed by atoms with E-state index in [9.17, 15) is 0 Å². The zero-order valence-corrected chi connectivity index (χ0v) is 16.7. The first kappa shape index (κ1) is 17.9. The van der Waals surface area contributed by atoms with Crippen molar-refractivity contribution in [2.45, 2.75) is 26.2 Å². The van der Waals surface area contributed by atoms with E-state index >= 15 is 0 Å². The van der Waals surface area contributed by atoms with Gasteiger partial charge in [-0.05, 0) is 23.1 Å². The Labute approximate surface area is 149 Å². The Kier molecular flexibility index (Phi) is 5.79. The third-order valence-corrected chi connectivity index (χ3v) is 6.51. The molecule has 2 rings (SSSR count). The lowest BCUT2D eigenvalue weighted by Gasteiger charge is -2.18. The molecule has 2 aromatic rings. The van der Waals surface area contributed by atoms with E-state index in [1.807, 2.05) is 12.1 Å². The summed E-state index contributed by atoms with van der Waals surface area (Å²) in [6.07, 6.45) is 0. The Hall–Kier alpha value is -1.43. The van der Waals surface area contributed by atoms with Gasteiger partial charge >= 0.3 is 21.2 Å². The molecular weight excluding hydrogens is 403 g/mol. The predicted octanol–water partition coefficient (Wildman–Crippen LogP) is 1.14. The lowest BCUT2D eigenvalue weighted by Crippen LogP contribution is -3.61. The van der Waals surface area contributed by atoms with Crippen LogP contribution < -0.4 is 35.4 Å². The van der Waals surface area contributed by atoms with E-state index in [4.69, 9.17) is 14.2 Å². The molecule has 0 aliphatic rings. The number of benzene rings is 2. The van der Waals surface area contributed by atoms with Crippen LogP contribution in [-0.4, -0.2) is 21.3 Å². The lowest BCUT2D eigenvalue weighted by molar-refractivity contribution is -0.598. The van der Waals surface area contributed by atoms with E-state index in [1.165, 1.54) is 9.13 Å². The second-order valence-corrected chi connectivity index (χ2v) is 9.06. The Morgan fingerprint density at radius 3 is 1.70 bits per heavy atom. The molecule has 2 aromatic carbocycles. The molecule has 124 valence electrons. The van der Waals surface area contributed by atoms with Crippen LogP contribution in [0.5, 0.6) is 17.2 Å². The third kappa shape index (κ3) is 4.31. The summed E-state index contributed by atoms with van der Waals surface area (Å²) in [6, 6.07) is 12.7. The van der Waals surface area contributed by atoms with Crippen LogP contribution in [0.15, 0.2) is 36.4 Å². The van der Waals surface area contributed by atoms with Crippen molar-refractivity contribution in [2.24, 2.45) is 0 Å². The largest absolute Gasteiger partial charge is 0.496 e.